The topological polar surface area (TPSA) is 63.6 Å². The Hall–Kier alpha value is -0.740. The van der Waals surface area contributed by atoms with Gasteiger partial charge in [-0.2, -0.15) is 0 Å². The summed E-state index contributed by atoms with van der Waals surface area (Å²) in [7, 11) is 0. The molecule has 0 fully saturated rings. The second-order valence-corrected chi connectivity index (χ2v) is 7.75. The summed E-state index contributed by atoms with van der Waals surface area (Å²) < 4.78 is 5.69. The van der Waals surface area contributed by atoms with Gasteiger partial charge in [0.15, 0.2) is 5.78 Å². The lowest BCUT2D eigenvalue weighted by molar-refractivity contribution is -0.140. The molecule has 0 aliphatic carbocycles. The molecule has 0 aliphatic heterocycles. The Morgan fingerprint density at radius 2 is 1.55 bits per heavy atom. The Balaban J connectivity index is 4.21. The highest BCUT2D eigenvalue weighted by Crippen LogP contribution is 2.25. The van der Waals surface area contributed by atoms with E-state index in [2.05, 4.69) is 6.92 Å². The van der Waals surface area contributed by atoms with Crippen LogP contribution in [0.1, 0.15) is 80.1 Å². The van der Waals surface area contributed by atoms with Crippen LogP contribution in [-0.2, 0) is 14.3 Å². The highest BCUT2D eigenvalue weighted by atomic mass is 16.5. The smallest absolute Gasteiger partial charge is 0.161 e. The second-order valence-electron chi connectivity index (χ2n) is 7.75. The van der Waals surface area contributed by atoms with E-state index in [1.54, 1.807) is 0 Å². The Bertz CT molecular complexity index is 353. The molecule has 0 aromatic carbocycles. The molecule has 4 nitrogen and oxygen atoms in total. The first-order valence-electron chi connectivity index (χ1n) is 8.36. The number of carbonyl (C=O) groups excluding carboxylic acids is 2. The Morgan fingerprint density at radius 3 is 2.05 bits per heavy atom. The predicted octanol–water partition coefficient (Wildman–Crippen LogP) is 3.69. The Labute approximate surface area is 135 Å². The zero-order chi connectivity index (χ0) is 17.4. The summed E-state index contributed by atoms with van der Waals surface area (Å²) in [5, 5.41) is 10.2. The minimum Gasteiger partial charge on any atom is -0.385 e. The van der Waals surface area contributed by atoms with Crippen LogP contribution in [0.4, 0.5) is 0 Å². The van der Waals surface area contributed by atoms with Crippen LogP contribution in [0.25, 0.3) is 0 Å². The number of carbonyl (C=O) groups is 2. The molecule has 0 amide bonds. The van der Waals surface area contributed by atoms with Gasteiger partial charge in [0.25, 0.3) is 0 Å². The summed E-state index contributed by atoms with van der Waals surface area (Å²) >= 11 is 0. The molecule has 0 aromatic rings. The van der Waals surface area contributed by atoms with Gasteiger partial charge in [-0.25, -0.2) is 0 Å². The summed E-state index contributed by atoms with van der Waals surface area (Å²) in [6.45, 7) is 11.9. The number of unbranched alkanes of at least 4 members (excludes halogenated alkanes) is 1. The lowest BCUT2D eigenvalue weighted by Crippen LogP contribution is -2.41. The Kier molecular flexibility index (Phi) is 9.09. The van der Waals surface area contributed by atoms with Gasteiger partial charge in [0.1, 0.15) is 11.9 Å². The van der Waals surface area contributed by atoms with Gasteiger partial charge in [0, 0.05) is 24.7 Å². The molecule has 0 heterocycles. The molecule has 1 N–H and O–H groups in total. The van der Waals surface area contributed by atoms with Crippen LogP contribution < -0.4 is 0 Å². The first-order valence-corrected chi connectivity index (χ1v) is 8.36. The maximum Gasteiger partial charge on any atom is 0.161 e. The van der Waals surface area contributed by atoms with Gasteiger partial charge in [-0.15, -0.1) is 0 Å². The molecule has 0 aromatic heterocycles. The fraction of sp³-hybridized carbons (Fsp3) is 0.889. The minimum absolute atomic E-state index is 0.203. The molecule has 0 spiro atoms. The molecule has 130 valence electrons. The van der Waals surface area contributed by atoms with E-state index >= 15 is 0 Å². The average molecular weight is 314 g/mol. The fourth-order valence-electron chi connectivity index (χ4n) is 2.01. The summed E-state index contributed by atoms with van der Waals surface area (Å²) in [6.07, 6.45) is 2.65. The lowest BCUT2D eigenvalue weighted by Gasteiger charge is -2.32. The van der Waals surface area contributed by atoms with Crippen molar-refractivity contribution in [1.82, 2.24) is 0 Å². The van der Waals surface area contributed by atoms with Crippen molar-refractivity contribution in [2.24, 2.45) is 5.41 Å². The van der Waals surface area contributed by atoms with E-state index in [0.717, 1.165) is 12.8 Å². The van der Waals surface area contributed by atoms with E-state index < -0.39 is 11.5 Å². The summed E-state index contributed by atoms with van der Waals surface area (Å²) in [4.78, 5) is 23.7. The highest BCUT2D eigenvalue weighted by molar-refractivity contribution is 5.84. The van der Waals surface area contributed by atoms with E-state index in [9.17, 15) is 14.7 Å². The number of Topliss-reactive ketones (excluding diaryl/α,β-unsaturated/α-hetero) is 2. The largest absolute Gasteiger partial charge is 0.385 e. The van der Waals surface area contributed by atoms with Crippen LogP contribution in [0.5, 0.6) is 0 Å². The Morgan fingerprint density at radius 1 is 1.00 bits per heavy atom. The van der Waals surface area contributed by atoms with Crippen LogP contribution in [-0.4, -0.2) is 35.0 Å². The van der Waals surface area contributed by atoms with Crippen molar-refractivity contribution in [3.8, 4) is 0 Å². The lowest BCUT2D eigenvalue weighted by atomic mass is 9.83. The van der Waals surface area contributed by atoms with Gasteiger partial charge in [-0.3, -0.25) is 9.59 Å². The van der Waals surface area contributed by atoms with E-state index in [1.165, 1.54) is 0 Å². The van der Waals surface area contributed by atoms with Crippen molar-refractivity contribution in [2.75, 3.05) is 6.61 Å². The monoisotopic (exact) mass is 314 g/mol. The van der Waals surface area contributed by atoms with Crippen molar-refractivity contribution >= 4 is 11.6 Å². The molecule has 0 unspecified atom stereocenters. The third kappa shape index (κ3) is 9.31. The van der Waals surface area contributed by atoms with Gasteiger partial charge in [-0.1, -0.05) is 27.2 Å². The second kappa shape index (κ2) is 9.41. The molecule has 0 rings (SSSR count). The predicted molar refractivity (Wildman–Crippen MR) is 88.9 cm³/mol. The van der Waals surface area contributed by atoms with Crippen molar-refractivity contribution in [3.05, 3.63) is 0 Å². The van der Waals surface area contributed by atoms with E-state index in [4.69, 9.17) is 4.74 Å². The molecular formula is C18H34O4. The molecule has 0 saturated carbocycles. The standard InChI is InChI=1S/C18H34O4/c1-7-8-10-14(19)11-9-12-15(20)16(21)18(5,6)13-22-17(2,3)4/h16,21H,7-13H2,1-6H3/t16-/m0/s1. The van der Waals surface area contributed by atoms with Crippen LogP contribution >= 0.6 is 0 Å². The molecule has 0 saturated heterocycles. The highest BCUT2D eigenvalue weighted by Gasteiger charge is 2.34. The van der Waals surface area contributed by atoms with Crippen molar-refractivity contribution in [2.45, 2.75) is 91.8 Å². The molecule has 4 heteroatoms. The maximum absolute atomic E-state index is 12.1. The van der Waals surface area contributed by atoms with E-state index in [0.29, 0.717) is 25.9 Å². The van der Waals surface area contributed by atoms with Gasteiger partial charge >= 0.3 is 0 Å². The number of ketones is 2. The average Bonchev–Trinajstić information content (AvgIpc) is 2.41. The number of hydrogen-bond acceptors (Lipinski definition) is 4. The van der Waals surface area contributed by atoms with Crippen molar-refractivity contribution in [3.63, 3.8) is 0 Å². The van der Waals surface area contributed by atoms with Crippen LogP contribution in [0.3, 0.4) is 0 Å². The number of hydrogen-bond donors (Lipinski definition) is 1. The van der Waals surface area contributed by atoms with Crippen LogP contribution in [0, 0.1) is 5.41 Å². The molecule has 0 aliphatic rings. The van der Waals surface area contributed by atoms with Gasteiger partial charge < -0.3 is 9.84 Å². The molecule has 0 bridgehead atoms. The zero-order valence-electron chi connectivity index (χ0n) is 15.2. The summed E-state index contributed by atoms with van der Waals surface area (Å²) in [5.74, 6) is 0.00488. The molecule has 1 atom stereocenters. The maximum atomic E-state index is 12.1. The van der Waals surface area contributed by atoms with E-state index in [1.807, 2.05) is 34.6 Å². The molecule has 22 heavy (non-hydrogen) atoms. The normalized spacial score (nSPS) is 14.0. The SMILES string of the molecule is CCCCC(=O)CCCC(=O)[C@H](O)C(C)(C)COC(C)(C)C. The number of aliphatic hydroxyl groups excluding tert-OH is 1. The van der Waals surface area contributed by atoms with Gasteiger partial charge in [-0.05, 0) is 33.6 Å². The van der Waals surface area contributed by atoms with Gasteiger partial charge in [0.05, 0.1) is 12.2 Å². The van der Waals surface area contributed by atoms with Crippen LogP contribution in [0.15, 0.2) is 0 Å². The van der Waals surface area contributed by atoms with E-state index in [-0.39, 0.29) is 23.6 Å². The third-order valence-electron chi connectivity index (χ3n) is 3.61. The number of ether oxygens (including phenoxy) is 1. The third-order valence-corrected chi connectivity index (χ3v) is 3.61. The zero-order valence-corrected chi connectivity index (χ0v) is 15.2. The first kappa shape index (κ1) is 21.3. The molecular weight excluding hydrogens is 280 g/mol. The number of rotatable bonds is 11. The van der Waals surface area contributed by atoms with Crippen molar-refractivity contribution < 1.29 is 19.4 Å². The first-order chi connectivity index (χ1) is 9.99. The minimum atomic E-state index is -1.06. The molecule has 0 radical (unpaired) electrons. The van der Waals surface area contributed by atoms with Gasteiger partial charge in [0.2, 0.25) is 0 Å². The fourth-order valence-corrected chi connectivity index (χ4v) is 2.01. The quantitative estimate of drug-likeness (QED) is 0.632. The number of aliphatic hydroxyl groups is 1. The summed E-state index contributed by atoms with van der Waals surface area (Å²) in [5.41, 5.74) is -0.928. The van der Waals surface area contributed by atoms with Crippen LogP contribution in [0.2, 0.25) is 0 Å². The summed E-state index contributed by atoms with van der Waals surface area (Å²) in [6, 6.07) is 0. The van der Waals surface area contributed by atoms with Crippen molar-refractivity contribution in [1.29, 1.82) is 0 Å².